The molecule has 0 bridgehead atoms. The Morgan fingerprint density at radius 3 is 2.77 bits per heavy atom. The van der Waals surface area contributed by atoms with Crippen LogP contribution in [0.4, 0.5) is 4.39 Å². The van der Waals surface area contributed by atoms with Crippen molar-refractivity contribution in [2.45, 2.75) is 32.5 Å². The Morgan fingerprint density at radius 1 is 1.36 bits per heavy atom. The summed E-state index contributed by atoms with van der Waals surface area (Å²) in [5.74, 6) is -1.06. The Balaban J connectivity index is 1.98. The topological polar surface area (TPSA) is 79.2 Å². The molecule has 22 heavy (non-hydrogen) atoms. The number of fused-ring (bicyclic) bond motifs is 1. The first kappa shape index (κ1) is 14.6. The number of hydrogen-bond acceptors (Lipinski definition) is 2. The van der Waals surface area contributed by atoms with Gasteiger partial charge >= 0.3 is 0 Å². The van der Waals surface area contributed by atoms with E-state index < -0.39 is 24.0 Å². The third-order valence-electron chi connectivity index (χ3n) is 4.41. The van der Waals surface area contributed by atoms with E-state index in [4.69, 9.17) is 5.73 Å². The summed E-state index contributed by atoms with van der Waals surface area (Å²) in [4.78, 5) is 28.3. The summed E-state index contributed by atoms with van der Waals surface area (Å²) in [5, 5.41) is 0.954. The minimum atomic E-state index is -1.21. The number of benzene rings is 1. The first-order valence-corrected chi connectivity index (χ1v) is 7.21. The number of rotatable bonds is 2. The molecule has 3 N–H and O–H groups in total. The highest BCUT2D eigenvalue weighted by atomic mass is 19.1. The lowest BCUT2D eigenvalue weighted by Gasteiger charge is -2.20. The highest BCUT2D eigenvalue weighted by Crippen LogP contribution is 2.26. The number of nitrogens with two attached hydrogens (primary N) is 1. The van der Waals surface area contributed by atoms with E-state index in [0.717, 1.165) is 22.0 Å². The molecule has 1 aliphatic rings. The number of nitrogens with one attached hydrogen (secondary N) is 1. The minimum Gasteiger partial charge on any atom is -0.368 e. The molecule has 2 amide bonds. The molecule has 0 aliphatic carbocycles. The van der Waals surface area contributed by atoms with Gasteiger partial charge in [0.15, 0.2) is 0 Å². The monoisotopic (exact) mass is 303 g/mol. The molecule has 5 nitrogen and oxygen atoms in total. The molecule has 1 aliphatic heterocycles. The van der Waals surface area contributed by atoms with Gasteiger partial charge in [0, 0.05) is 17.3 Å². The molecule has 2 atom stereocenters. The largest absolute Gasteiger partial charge is 0.368 e. The number of carbonyl (C=O) groups is 2. The van der Waals surface area contributed by atoms with E-state index in [9.17, 15) is 14.0 Å². The number of aryl methyl sites for hydroxylation is 2. The highest BCUT2D eigenvalue weighted by molar-refractivity contribution is 6.01. The number of nitrogens with zero attached hydrogens (tertiary/aromatic N) is 1. The molecular weight excluding hydrogens is 285 g/mol. The van der Waals surface area contributed by atoms with Gasteiger partial charge in [-0.25, -0.2) is 4.39 Å². The van der Waals surface area contributed by atoms with Crippen molar-refractivity contribution in [3.05, 3.63) is 35.0 Å². The summed E-state index contributed by atoms with van der Waals surface area (Å²) < 4.78 is 13.6. The lowest BCUT2D eigenvalue weighted by Crippen LogP contribution is -2.43. The third-order valence-corrected chi connectivity index (χ3v) is 4.41. The molecule has 1 aromatic heterocycles. The fraction of sp³-hybridized carbons (Fsp3) is 0.375. The maximum Gasteiger partial charge on any atom is 0.271 e. The summed E-state index contributed by atoms with van der Waals surface area (Å²) in [6.45, 7) is 3.89. The molecule has 6 heteroatoms. The normalized spacial score (nSPS) is 21.5. The minimum absolute atomic E-state index is 0.0283. The van der Waals surface area contributed by atoms with Crippen molar-refractivity contribution in [3.8, 4) is 0 Å². The van der Waals surface area contributed by atoms with E-state index in [1.165, 1.54) is 4.90 Å². The van der Waals surface area contributed by atoms with Crippen molar-refractivity contribution in [2.24, 2.45) is 5.73 Å². The molecule has 0 saturated carbocycles. The van der Waals surface area contributed by atoms with Crippen molar-refractivity contribution in [1.82, 2.24) is 9.88 Å². The lowest BCUT2D eigenvalue weighted by atomic mass is 10.1. The van der Waals surface area contributed by atoms with Crippen LogP contribution in [0.3, 0.4) is 0 Å². The summed E-state index contributed by atoms with van der Waals surface area (Å²) in [6.07, 6.45) is -1.24. The van der Waals surface area contributed by atoms with Gasteiger partial charge in [-0.05, 0) is 37.1 Å². The maximum atomic E-state index is 13.6. The van der Waals surface area contributed by atoms with Crippen LogP contribution in [0.15, 0.2) is 18.2 Å². The molecule has 1 saturated heterocycles. The Labute approximate surface area is 127 Å². The number of aromatic nitrogens is 1. The van der Waals surface area contributed by atoms with Crippen LogP contribution in [-0.2, 0) is 4.79 Å². The average molecular weight is 303 g/mol. The molecule has 1 fully saturated rings. The zero-order valence-corrected chi connectivity index (χ0v) is 12.5. The predicted molar refractivity (Wildman–Crippen MR) is 81.3 cm³/mol. The van der Waals surface area contributed by atoms with Crippen LogP contribution in [0, 0.1) is 13.8 Å². The number of H-pyrrole nitrogens is 1. The average Bonchev–Trinajstić information content (AvgIpc) is 3.06. The smallest absolute Gasteiger partial charge is 0.271 e. The van der Waals surface area contributed by atoms with Gasteiger partial charge in [-0.15, -0.1) is 0 Å². The number of primary amides is 1. The molecule has 3 rings (SSSR count). The second-order valence-corrected chi connectivity index (χ2v) is 5.86. The summed E-state index contributed by atoms with van der Waals surface area (Å²) >= 11 is 0. The Morgan fingerprint density at radius 2 is 2.09 bits per heavy atom. The van der Waals surface area contributed by atoms with Crippen molar-refractivity contribution in [3.63, 3.8) is 0 Å². The summed E-state index contributed by atoms with van der Waals surface area (Å²) in [7, 11) is 0. The number of likely N-dealkylation sites (tertiary alicyclic amines) is 1. The van der Waals surface area contributed by atoms with Gasteiger partial charge in [-0.2, -0.15) is 0 Å². The van der Waals surface area contributed by atoms with Crippen molar-refractivity contribution in [1.29, 1.82) is 0 Å². The van der Waals surface area contributed by atoms with Gasteiger partial charge in [0.1, 0.15) is 17.9 Å². The van der Waals surface area contributed by atoms with Crippen molar-refractivity contribution >= 4 is 22.7 Å². The Kier molecular flexibility index (Phi) is 3.39. The molecule has 0 unspecified atom stereocenters. The molecule has 0 spiro atoms. The summed E-state index contributed by atoms with van der Waals surface area (Å²) in [6, 6.07) is 4.75. The first-order chi connectivity index (χ1) is 10.4. The van der Waals surface area contributed by atoms with Crippen LogP contribution in [0.1, 0.15) is 28.0 Å². The van der Waals surface area contributed by atoms with E-state index in [0.29, 0.717) is 5.69 Å². The van der Waals surface area contributed by atoms with Gasteiger partial charge in [-0.3, -0.25) is 9.59 Å². The van der Waals surface area contributed by atoms with Crippen LogP contribution < -0.4 is 5.73 Å². The van der Waals surface area contributed by atoms with Crippen LogP contribution in [0.25, 0.3) is 10.9 Å². The molecule has 1 aromatic carbocycles. The lowest BCUT2D eigenvalue weighted by molar-refractivity contribution is -0.121. The van der Waals surface area contributed by atoms with E-state index >= 15 is 0 Å². The van der Waals surface area contributed by atoms with Crippen LogP contribution in [0.5, 0.6) is 0 Å². The van der Waals surface area contributed by atoms with E-state index in [1.807, 2.05) is 26.0 Å². The first-order valence-electron chi connectivity index (χ1n) is 7.21. The quantitative estimate of drug-likeness (QED) is 0.887. The van der Waals surface area contributed by atoms with Crippen molar-refractivity contribution in [2.75, 3.05) is 6.54 Å². The number of halogens is 1. The molecule has 2 heterocycles. The number of carbonyl (C=O) groups excluding carboxylic acids is 2. The molecule has 0 radical (unpaired) electrons. The summed E-state index contributed by atoms with van der Waals surface area (Å²) in [5.41, 5.74) is 8.69. The zero-order chi connectivity index (χ0) is 16.0. The van der Waals surface area contributed by atoms with Crippen LogP contribution in [-0.4, -0.2) is 40.5 Å². The SMILES string of the molecule is Cc1ccc2[nH]c(C(=O)N3C[C@H](F)C[C@H]3C(N)=O)cc2c1C. The van der Waals surface area contributed by atoms with E-state index in [2.05, 4.69) is 4.98 Å². The highest BCUT2D eigenvalue weighted by Gasteiger charge is 2.39. The second kappa shape index (κ2) is 5.12. The zero-order valence-electron chi connectivity index (χ0n) is 12.5. The Hall–Kier alpha value is -2.37. The second-order valence-electron chi connectivity index (χ2n) is 5.86. The number of alkyl halides is 1. The standard InChI is InChI=1S/C16H18FN3O2/c1-8-3-4-12-11(9(8)2)6-13(19-12)16(22)20-7-10(17)5-14(20)15(18)21/h3-4,6,10,14,19H,5,7H2,1-2H3,(H2,18,21)/t10-,14+/m1/s1. The molecule has 2 aromatic rings. The Bertz CT molecular complexity index is 768. The molecular formula is C16H18FN3O2. The molecule has 116 valence electrons. The van der Waals surface area contributed by atoms with Crippen molar-refractivity contribution < 1.29 is 14.0 Å². The van der Waals surface area contributed by atoms with Gasteiger partial charge in [-0.1, -0.05) is 6.07 Å². The van der Waals surface area contributed by atoms with Gasteiger partial charge in [0.2, 0.25) is 5.91 Å². The third kappa shape index (κ3) is 2.24. The van der Waals surface area contributed by atoms with E-state index in [1.54, 1.807) is 6.07 Å². The van der Waals surface area contributed by atoms with Gasteiger partial charge in [0.05, 0.1) is 6.54 Å². The fourth-order valence-electron chi connectivity index (χ4n) is 3.01. The number of amides is 2. The van der Waals surface area contributed by atoms with Crippen LogP contribution in [0.2, 0.25) is 0 Å². The van der Waals surface area contributed by atoms with Gasteiger partial charge in [0.25, 0.3) is 5.91 Å². The number of aromatic amines is 1. The number of hydrogen-bond donors (Lipinski definition) is 2. The maximum absolute atomic E-state index is 13.6. The fourth-order valence-corrected chi connectivity index (χ4v) is 3.01. The van der Waals surface area contributed by atoms with E-state index in [-0.39, 0.29) is 13.0 Å². The predicted octanol–water partition coefficient (Wildman–Crippen LogP) is 1.82. The van der Waals surface area contributed by atoms with Crippen LogP contribution >= 0.6 is 0 Å². The van der Waals surface area contributed by atoms with Gasteiger partial charge < -0.3 is 15.6 Å².